The summed E-state index contributed by atoms with van der Waals surface area (Å²) in [7, 11) is 3.16. The molecule has 1 N–H and O–H groups in total. The van der Waals surface area contributed by atoms with Gasteiger partial charge < -0.3 is 19.9 Å². The van der Waals surface area contributed by atoms with E-state index in [1.165, 1.54) is 4.90 Å². The number of ether oxygens (including phenoxy) is 1. The van der Waals surface area contributed by atoms with Gasteiger partial charge in [0.2, 0.25) is 11.8 Å². The predicted molar refractivity (Wildman–Crippen MR) is 83.4 cm³/mol. The van der Waals surface area contributed by atoms with Crippen LogP contribution in [0.1, 0.15) is 19.8 Å². The van der Waals surface area contributed by atoms with E-state index in [0.29, 0.717) is 18.6 Å². The van der Waals surface area contributed by atoms with Crippen LogP contribution in [0.4, 0.5) is 0 Å². The Morgan fingerprint density at radius 3 is 2.78 bits per heavy atom. The summed E-state index contributed by atoms with van der Waals surface area (Å²) in [5, 5.41) is 2.38. The zero-order valence-electron chi connectivity index (χ0n) is 13.5. The van der Waals surface area contributed by atoms with E-state index in [1.807, 2.05) is 6.92 Å². The maximum Gasteiger partial charge on any atom is 0.330 e. The molecule has 128 valence electrons. The van der Waals surface area contributed by atoms with Gasteiger partial charge in [0.25, 0.3) is 5.91 Å². The lowest BCUT2D eigenvalue weighted by atomic mass is 10.2. The third-order valence-electron chi connectivity index (χ3n) is 4.00. The van der Waals surface area contributed by atoms with Crippen LogP contribution in [0.2, 0.25) is 0 Å². The Kier molecular flexibility index (Phi) is 5.18. The monoisotopic (exact) mass is 343 g/mol. The zero-order chi connectivity index (χ0) is 17.2. The lowest BCUT2D eigenvalue weighted by Gasteiger charge is -2.29. The number of nitrogens with one attached hydrogen (secondary N) is 1. The predicted octanol–water partition coefficient (Wildman–Crippen LogP) is -0.812. The molecular formula is C14H21N3O5S. The van der Waals surface area contributed by atoms with Crippen molar-refractivity contribution in [3.63, 3.8) is 0 Å². The number of carbonyl (C=O) groups excluding carboxylic acids is 4. The van der Waals surface area contributed by atoms with Crippen molar-refractivity contribution in [2.45, 2.75) is 30.7 Å². The SMILES string of the molecule is CN(C)C(=O)CNC(=O)COC(=O)[C@@H]1CS[C@@]2(C)CCC(=O)N12. The van der Waals surface area contributed by atoms with E-state index in [-0.39, 0.29) is 23.2 Å². The minimum absolute atomic E-state index is 0.0551. The highest BCUT2D eigenvalue weighted by atomic mass is 32.2. The van der Waals surface area contributed by atoms with E-state index in [9.17, 15) is 19.2 Å². The van der Waals surface area contributed by atoms with Crippen molar-refractivity contribution in [1.82, 2.24) is 15.1 Å². The third kappa shape index (κ3) is 3.77. The van der Waals surface area contributed by atoms with Crippen molar-refractivity contribution >= 4 is 35.5 Å². The van der Waals surface area contributed by atoms with Crippen LogP contribution in [-0.2, 0) is 23.9 Å². The molecule has 3 amide bonds. The van der Waals surface area contributed by atoms with Crippen LogP contribution in [0.5, 0.6) is 0 Å². The molecule has 2 aliphatic rings. The largest absolute Gasteiger partial charge is 0.454 e. The van der Waals surface area contributed by atoms with E-state index >= 15 is 0 Å². The number of rotatable bonds is 5. The van der Waals surface area contributed by atoms with Crippen LogP contribution in [0, 0.1) is 0 Å². The van der Waals surface area contributed by atoms with Gasteiger partial charge in [-0.25, -0.2) is 4.79 Å². The Morgan fingerprint density at radius 1 is 1.43 bits per heavy atom. The van der Waals surface area contributed by atoms with Gasteiger partial charge in [-0.15, -0.1) is 11.8 Å². The molecule has 0 aromatic heterocycles. The summed E-state index contributed by atoms with van der Waals surface area (Å²) < 4.78 is 5.00. The highest BCUT2D eigenvalue weighted by Gasteiger charge is 2.53. The Morgan fingerprint density at radius 2 is 2.13 bits per heavy atom. The number of hydrogen-bond donors (Lipinski definition) is 1. The van der Waals surface area contributed by atoms with Crippen LogP contribution in [-0.4, -0.2) is 77.4 Å². The molecule has 0 aromatic carbocycles. The van der Waals surface area contributed by atoms with E-state index in [2.05, 4.69) is 5.32 Å². The summed E-state index contributed by atoms with van der Waals surface area (Å²) >= 11 is 1.56. The second kappa shape index (κ2) is 6.77. The number of nitrogens with zero attached hydrogens (tertiary/aromatic N) is 2. The summed E-state index contributed by atoms with van der Waals surface area (Å²) in [5.41, 5.74) is 0. The quantitative estimate of drug-likeness (QED) is 0.656. The maximum atomic E-state index is 12.1. The van der Waals surface area contributed by atoms with Gasteiger partial charge in [-0.3, -0.25) is 14.4 Å². The number of thioether (sulfide) groups is 1. The number of esters is 1. The van der Waals surface area contributed by atoms with Crippen LogP contribution in [0.25, 0.3) is 0 Å². The van der Waals surface area contributed by atoms with E-state index < -0.39 is 24.5 Å². The first-order valence-electron chi connectivity index (χ1n) is 7.34. The van der Waals surface area contributed by atoms with E-state index in [1.54, 1.807) is 30.8 Å². The minimum Gasteiger partial charge on any atom is -0.454 e. The molecule has 0 bridgehead atoms. The standard InChI is InChI=1S/C14H21N3O5S/c1-14-5-4-11(19)17(14)9(8-23-14)13(21)22-7-10(18)15-6-12(20)16(2)3/h9H,4-8H2,1-3H3,(H,15,18)/t9-,14-/m0/s1. The van der Waals surface area contributed by atoms with Gasteiger partial charge in [0.1, 0.15) is 6.04 Å². The molecule has 0 aromatic rings. The Hall–Kier alpha value is -1.77. The normalized spacial score (nSPS) is 26.0. The second-order valence-corrected chi connectivity index (χ2v) is 7.44. The molecule has 0 aliphatic carbocycles. The maximum absolute atomic E-state index is 12.1. The Balaban J connectivity index is 1.80. The molecule has 9 heteroatoms. The lowest BCUT2D eigenvalue weighted by Crippen LogP contribution is -2.47. The van der Waals surface area contributed by atoms with E-state index in [0.717, 1.165) is 0 Å². The Labute approximate surface area is 138 Å². The van der Waals surface area contributed by atoms with Crippen LogP contribution in [0.3, 0.4) is 0 Å². The molecule has 2 aliphatic heterocycles. The number of amides is 3. The summed E-state index contributed by atoms with van der Waals surface area (Å²) in [6.07, 6.45) is 1.15. The fourth-order valence-corrected chi connectivity index (χ4v) is 4.03. The van der Waals surface area contributed by atoms with Crippen molar-refractivity contribution < 1.29 is 23.9 Å². The average molecular weight is 343 g/mol. The third-order valence-corrected chi connectivity index (χ3v) is 5.50. The first-order valence-corrected chi connectivity index (χ1v) is 8.33. The lowest BCUT2D eigenvalue weighted by molar-refractivity contribution is -0.156. The molecule has 2 fully saturated rings. The Bertz CT molecular complexity index is 539. The first kappa shape index (κ1) is 17.6. The van der Waals surface area contributed by atoms with Gasteiger partial charge in [-0.05, 0) is 13.3 Å². The second-order valence-electron chi connectivity index (χ2n) is 5.94. The van der Waals surface area contributed by atoms with Crippen molar-refractivity contribution in [3.05, 3.63) is 0 Å². The van der Waals surface area contributed by atoms with Gasteiger partial charge in [0, 0.05) is 26.3 Å². The summed E-state index contributed by atoms with van der Waals surface area (Å²) in [6.45, 7) is 1.33. The van der Waals surface area contributed by atoms with Gasteiger partial charge in [-0.1, -0.05) is 0 Å². The average Bonchev–Trinajstić information content (AvgIpc) is 2.99. The molecule has 2 atom stereocenters. The van der Waals surface area contributed by atoms with Crippen molar-refractivity contribution in [2.75, 3.05) is 33.0 Å². The zero-order valence-corrected chi connectivity index (χ0v) is 14.3. The summed E-state index contributed by atoms with van der Waals surface area (Å²) in [6, 6.07) is -0.642. The molecule has 2 rings (SSSR count). The fraction of sp³-hybridized carbons (Fsp3) is 0.714. The molecule has 8 nitrogen and oxygen atoms in total. The van der Waals surface area contributed by atoms with Crippen LogP contribution < -0.4 is 5.32 Å². The highest BCUT2D eigenvalue weighted by Crippen LogP contribution is 2.47. The molecule has 23 heavy (non-hydrogen) atoms. The topological polar surface area (TPSA) is 96.0 Å². The van der Waals surface area contributed by atoms with Crippen molar-refractivity contribution in [2.24, 2.45) is 0 Å². The summed E-state index contributed by atoms with van der Waals surface area (Å²) in [5.74, 6) is -0.960. The number of fused-ring (bicyclic) bond motifs is 1. The first-order chi connectivity index (χ1) is 10.7. The highest BCUT2D eigenvalue weighted by molar-refractivity contribution is 8.01. The smallest absolute Gasteiger partial charge is 0.330 e. The van der Waals surface area contributed by atoms with Gasteiger partial charge >= 0.3 is 5.97 Å². The molecule has 0 unspecified atom stereocenters. The van der Waals surface area contributed by atoms with Crippen LogP contribution in [0.15, 0.2) is 0 Å². The van der Waals surface area contributed by atoms with E-state index in [4.69, 9.17) is 4.74 Å². The molecule has 0 saturated carbocycles. The van der Waals surface area contributed by atoms with Gasteiger partial charge in [0.05, 0.1) is 11.4 Å². The van der Waals surface area contributed by atoms with Crippen molar-refractivity contribution in [1.29, 1.82) is 0 Å². The number of hydrogen-bond acceptors (Lipinski definition) is 6. The van der Waals surface area contributed by atoms with Crippen molar-refractivity contribution in [3.8, 4) is 0 Å². The number of likely N-dealkylation sites (N-methyl/N-ethyl adjacent to an activating group) is 1. The number of carbonyl (C=O) groups is 4. The molecule has 0 radical (unpaired) electrons. The summed E-state index contributed by atoms with van der Waals surface area (Å²) in [4.78, 5) is 49.6. The molecule has 0 spiro atoms. The molecule has 2 heterocycles. The molecule has 2 saturated heterocycles. The van der Waals surface area contributed by atoms with Gasteiger partial charge in [-0.2, -0.15) is 0 Å². The molecular weight excluding hydrogens is 322 g/mol. The fourth-order valence-electron chi connectivity index (χ4n) is 2.61. The van der Waals surface area contributed by atoms with Gasteiger partial charge in [0.15, 0.2) is 6.61 Å². The van der Waals surface area contributed by atoms with Crippen LogP contribution >= 0.6 is 11.8 Å². The minimum atomic E-state index is -0.642.